The Hall–Kier alpha value is -1.75. The number of carbonyl (C=O) groups excluding carboxylic acids is 1. The second-order valence-electron chi connectivity index (χ2n) is 5.53. The standard InChI is InChI=1S/C17H26N2O3/c1-2-3-9-18-17(20)12-19-14-6-4-7-15(11-14)22-13-16-8-5-10-21-16/h4,6-7,11,16,19H,2-3,5,8-10,12-13H2,1H3,(H,18,20). The summed E-state index contributed by atoms with van der Waals surface area (Å²) in [6.45, 7) is 4.54. The van der Waals surface area contributed by atoms with Crippen LogP contribution in [0.25, 0.3) is 0 Å². The third-order valence-corrected chi connectivity index (χ3v) is 3.60. The smallest absolute Gasteiger partial charge is 0.239 e. The summed E-state index contributed by atoms with van der Waals surface area (Å²) in [6.07, 6.45) is 4.48. The molecule has 1 fully saturated rings. The predicted octanol–water partition coefficient (Wildman–Crippen LogP) is 2.57. The molecule has 0 aromatic heterocycles. The molecule has 1 heterocycles. The van der Waals surface area contributed by atoms with E-state index in [1.54, 1.807) is 0 Å². The van der Waals surface area contributed by atoms with Crippen molar-refractivity contribution in [2.45, 2.75) is 38.7 Å². The van der Waals surface area contributed by atoms with Crippen LogP contribution in [0.3, 0.4) is 0 Å². The number of amides is 1. The highest BCUT2D eigenvalue weighted by Crippen LogP contribution is 2.19. The maximum atomic E-state index is 11.7. The molecule has 2 N–H and O–H groups in total. The fraction of sp³-hybridized carbons (Fsp3) is 0.588. The lowest BCUT2D eigenvalue weighted by Gasteiger charge is -2.13. The van der Waals surface area contributed by atoms with Crippen LogP contribution >= 0.6 is 0 Å². The van der Waals surface area contributed by atoms with E-state index < -0.39 is 0 Å². The molecule has 1 amide bonds. The Labute approximate surface area is 132 Å². The average molecular weight is 306 g/mol. The van der Waals surface area contributed by atoms with Gasteiger partial charge in [-0.25, -0.2) is 0 Å². The van der Waals surface area contributed by atoms with Crippen LogP contribution in [0.5, 0.6) is 5.75 Å². The number of hydrogen-bond donors (Lipinski definition) is 2. The molecule has 5 heteroatoms. The van der Waals surface area contributed by atoms with Gasteiger partial charge in [0.25, 0.3) is 0 Å². The lowest BCUT2D eigenvalue weighted by molar-refractivity contribution is -0.119. The van der Waals surface area contributed by atoms with Gasteiger partial charge in [0.1, 0.15) is 12.4 Å². The SMILES string of the molecule is CCCCNC(=O)CNc1cccc(OCC2CCCO2)c1. The quantitative estimate of drug-likeness (QED) is 0.688. The van der Waals surface area contributed by atoms with E-state index in [0.29, 0.717) is 6.61 Å². The largest absolute Gasteiger partial charge is 0.491 e. The number of anilines is 1. The third kappa shape index (κ3) is 5.93. The van der Waals surface area contributed by atoms with Crippen molar-refractivity contribution in [2.75, 3.05) is 31.6 Å². The molecule has 122 valence electrons. The van der Waals surface area contributed by atoms with Gasteiger partial charge in [0, 0.05) is 24.9 Å². The summed E-state index contributed by atoms with van der Waals surface area (Å²) in [5, 5.41) is 6.00. The highest BCUT2D eigenvalue weighted by molar-refractivity contribution is 5.80. The van der Waals surface area contributed by atoms with E-state index in [4.69, 9.17) is 9.47 Å². The normalized spacial score (nSPS) is 17.2. The molecule has 1 aromatic rings. The summed E-state index contributed by atoms with van der Waals surface area (Å²) in [7, 11) is 0. The number of hydrogen-bond acceptors (Lipinski definition) is 4. The second kappa shape index (κ2) is 9.30. The Kier molecular flexibility index (Phi) is 7.03. The van der Waals surface area contributed by atoms with Crippen molar-refractivity contribution in [1.29, 1.82) is 0 Å². The van der Waals surface area contributed by atoms with Gasteiger partial charge in [-0.15, -0.1) is 0 Å². The van der Waals surface area contributed by atoms with Gasteiger partial charge in [0.2, 0.25) is 5.91 Å². The fourth-order valence-electron chi connectivity index (χ4n) is 2.31. The summed E-state index contributed by atoms with van der Waals surface area (Å²) < 4.78 is 11.3. The van der Waals surface area contributed by atoms with E-state index in [-0.39, 0.29) is 18.6 Å². The number of nitrogens with one attached hydrogen (secondary N) is 2. The minimum Gasteiger partial charge on any atom is -0.491 e. The fourth-order valence-corrected chi connectivity index (χ4v) is 2.31. The molecule has 1 aliphatic rings. The molecule has 1 saturated heterocycles. The molecule has 0 aliphatic carbocycles. The van der Waals surface area contributed by atoms with Crippen LogP contribution in [0.15, 0.2) is 24.3 Å². The Bertz CT molecular complexity index is 459. The molecular formula is C17H26N2O3. The van der Waals surface area contributed by atoms with Gasteiger partial charge in [-0.05, 0) is 31.4 Å². The molecule has 0 spiro atoms. The molecule has 0 saturated carbocycles. The van der Waals surface area contributed by atoms with E-state index >= 15 is 0 Å². The summed E-state index contributed by atoms with van der Waals surface area (Å²) in [6, 6.07) is 7.68. The first-order chi connectivity index (χ1) is 10.8. The lowest BCUT2D eigenvalue weighted by Crippen LogP contribution is -2.30. The van der Waals surface area contributed by atoms with Crippen molar-refractivity contribution in [3.63, 3.8) is 0 Å². The van der Waals surface area contributed by atoms with Crippen LogP contribution in [0.1, 0.15) is 32.6 Å². The van der Waals surface area contributed by atoms with Crippen molar-refractivity contribution in [1.82, 2.24) is 5.32 Å². The number of ether oxygens (including phenoxy) is 2. The Morgan fingerprint density at radius 3 is 3.14 bits per heavy atom. The molecule has 22 heavy (non-hydrogen) atoms. The predicted molar refractivity (Wildman–Crippen MR) is 87.3 cm³/mol. The Balaban J connectivity index is 1.72. The second-order valence-corrected chi connectivity index (χ2v) is 5.53. The van der Waals surface area contributed by atoms with Gasteiger partial charge in [-0.3, -0.25) is 4.79 Å². The van der Waals surface area contributed by atoms with E-state index in [2.05, 4.69) is 17.6 Å². The van der Waals surface area contributed by atoms with E-state index in [0.717, 1.165) is 50.3 Å². The first-order valence-corrected chi connectivity index (χ1v) is 8.13. The molecule has 1 atom stereocenters. The summed E-state index contributed by atoms with van der Waals surface area (Å²) in [5.41, 5.74) is 0.885. The molecule has 0 radical (unpaired) electrons. The Morgan fingerprint density at radius 1 is 1.45 bits per heavy atom. The monoisotopic (exact) mass is 306 g/mol. The van der Waals surface area contributed by atoms with Crippen molar-refractivity contribution in [2.24, 2.45) is 0 Å². The zero-order valence-corrected chi connectivity index (χ0v) is 13.3. The third-order valence-electron chi connectivity index (χ3n) is 3.60. The van der Waals surface area contributed by atoms with E-state index in [1.165, 1.54) is 0 Å². The zero-order chi connectivity index (χ0) is 15.6. The van der Waals surface area contributed by atoms with Gasteiger partial charge in [-0.2, -0.15) is 0 Å². The summed E-state index contributed by atoms with van der Waals surface area (Å²) in [4.78, 5) is 11.7. The maximum Gasteiger partial charge on any atom is 0.239 e. The first-order valence-electron chi connectivity index (χ1n) is 8.13. The lowest BCUT2D eigenvalue weighted by atomic mass is 10.2. The highest BCUT2D eigenvalue weighted by Gasteiger charge is 2.15. The zero-order valence-electron chi connectivity index (χ0n) is 13.3. The first kappa shape index (κ1) is 16.6. The Morgan fingerprint density at radius 2 is 2.36 bits per heavy atom. The van der Waals surface area contributed by atoms with Gasteiger partial charge in [0.15, 0.2) is 0 Å². The van der Waals surface area contributed by atoms with Crippen molar-refractivity contribution < 1.29 is 14.3 Å². The van der Waals surface area contributed by atoms with Crippen LogP contribution < -0.4 is 15.4 Å². The van der Waals surface area contributed by atoms with Gasteiger partial charge in [0.05, 0.1) is 12.6 Å². The molecule has 0 bridgehead atoms. The van der Waals surface area contributed by atoms with Crippen LogP contribution in [0.4, 0.5) is 5.69 Å². The summed E-state index contributed by atoms with van der Waals surface area (Å²) in [5.74, 6) is 0.811. The van der Waals surface area contributed by atoms with Gasteiger partial charge < -0.3 is 20.1 Å². The maximum absolute atomic E-state index is 11.7. The van der Waals surface area contributed by atoms with E-state index in [1.807, 2.05) is 24.3 Å². The number of unbranched alkanes of at least 4 members (excludes halogenated alkanes) is 1. The summed E-state index contributed by atoms with van der Waals surface area (Å²) >= 11 is 0. The van der Waals surface area contributed by atoms with Gasteiger partial charge >= 0.3 is 0 Å². The number of carbonyl (C=O) groups is 1. The molecule has 1 aliphatic heterocycles. The molecule has 1 unspecified atom stereocenters. The van der Waals surface area contributed by atoms with Crippen molar-refractivity contribution in [3.05, 3.63) is 24.3 Å². The highest BCUT2D eigenvalue weighted by atomic mass is 16.5. The van der Waals surface area contributed by atoms with Crippen LogP contribution in [-0.4, -0.2) is 38.3 Å². The van der Waals surface area contributed by atoms with E-state index in [9.17, 15) is 4.79 Å². The topological polar surface area (TPSA) is 59.6 Å². The van der Waals surface area contributed by atoms with Crippen LogP contribution in [-0.2, 0) is 9.53 Å². The van der Waals surface area contributed by atoms with Crippen molar-refractivity contribution >= 4 is 11.6 Å². The van der Waals surface area contributed by atoms with Gasteiger partial charge in [-0.1, -0.05) is 19.4 Å². The van der Waals surface area contributed by atoms with Crippen molar-refractivity contribution in [3.8, 4) is 5.75 Å². The molecule has 1 aromatic carbocycles. The average Bonchev–Trinajstić information content (AvgIpc) is 3.05. The molecule has 5 nitrogen and oxygen atoms in total. The number of benzene rings is 1. The van der Waals surface area contributed by atoms with Crippen LogP contribution in [0.2, 0.25) is 0 Å². The molecular weight excluding hydrogens is 280 g/mol. The minimum atomic E-state index is 0.0131. The number of rotatable bonds is 9. The minimum absolute atomic E-state index is 0.0131. The molecule has 2 rings (SSSR count). The van der Waals surface area contributed by atoms with Crippen LogP contribution in [0, 0.1) is 0 Å².